The Morgan fingerprint density at radius 1 is 1.21 bits per heavy atom. The molecule has 0 aliphatic carbocycles. The molecule has 4 N–H and O–H groups in total. The fourth-order valence-corrected chi connectivity index (χ4v) is 1.66. The molecule has 0 bridgehead atoms. The predicted octanol–water partition coefficient (Wildman–Crippen LogP) is 0.119. The second-order valence-electron chi connectivity index (χ2n) is 4.16. The molecule has 0 aliphatic rings. The van der Waals surface area contributed by atoms with Gasteiger partial charge in [0.15, 0.2) is 0 Å². The van der Waals surface area contributed by atoms with Crippen molar-refractivity contribution >= 4 is 17.6 Å². The Labute approximate surface area is 112 Å². The summed E-state index contributed by atoms with van der Waals surface area (Å²) in [6, 6.07) is 7.22. The molecule has 0 heterocycles. The third-order valence-electron chi connectivity index (χ3n) is 2.42. The van der Waals surface area contributed by atoms with E-state index in [0.29, 0.717) is 18.8 Å². The fourth-order valence-electron chi connectivity index (χ4n) is 1.66. The molecule has 1 rings (SSSR count). The van der Waals surface area contributed by atoms with Crippen LogP contribution in [0.4, 0.5) is 5.69 Å². The number of nitrogens with zero attached hydrogens (tertiary/aromatic N) is 1. The number of amides is 1. The summed E-state index contributed by atoms with van der Waals surface area (Å²) >= 11 is 0. The molecule has 104 valence electrons. The second kappa shape index (κ2) is 7.38. The lowest BCUT2D eigenvalue weighted by Gasteiger charge is -2.19. The lowest BCUT2D eigenvalue weighted by Crippen LogP contribution is -2.37. The zero-order chi connectivity index (χ0) is 14.3. The summed E-state index contributed by atoms with van der Waals surface area (Å²) < 4.78 is 4.86. The molecule has 0 spiro atoms. The van der Waals surface area contributed by atoms with Gasteiger partial charge in [0.1, 0.15) is 0 Å². The van der Waals surface area contributed by atoms with E-state index in [1.807, 2.05) is 12.1 Å². The van der Waals surface area contributed by atoms with Gasteiger partial charge in [0, 0.05) is 12.2 Å². The van der Waals surface area contributed by atoms with Gasteiger partial charge >= 0.3 is 5.97 Å². The van der Waals surface area contributed by atoms with E-state index in [-0.39, 0.29) is 19.1 Å². The Kier molecular flexibility index (Phi) is 5.81. The number of hydrogen-bond acceptors (Lipinski definition) is 5. The van der Waals surface area contributed by atoms with Crippen molar-refractivity contribution in [2.24, 2.45) is 5.73 Å². The Morgan fingerprint density at radius 2 is 1.84 bits per heavy atom. The third kappa shape index (κ3) is 5.87. The van der Waals surface area contributed by atoms with Crippen molar-refractivity contribution in [1.82, 2.24) is 4.90 Å². The fraction of sp³-hybridized carbons (Fsp3) is 0.385. The Hall–Kier alpha value is -2.08. The maximum absolute atomic E-state index is 11.4. The summed E-state index contributed by atoms with van der Waals surface area (Å²) in [5.41, 5.74) is 12.4. The molecule has 0 radical (unpaired) electrons. The highest BCUT2D eigenvalue weighted by molar-refractivity contribution is 5.77. The zero-order valence-corrected chi connectivity index (χ0v) is 11.0. The minimum Gasteiger partial charge on any atom is -0.465 e. The molecule has 1 amide bonds. The molecule has 0 unspecified atom stereocenters. The standard InChI is InChI=1S/C13H19N3O3/c1-2-19-13(18)9-16(8-12(15)17)7-10-3-5-11(14)6-4-10/h3-6H,2,7-9,14H2,1H3,(H2,15,17). The number of ether oxygens (including phenoxy) is 1. The SMILES string of the molecule is CCOC(=O)CN(CC(N)=O)Cc1ccc(N)cc1. The first-order valence-electron chi connectivity index (χ1n) is 6.02. The van der Waals surface area contributed by atoms with E-state index in [2.05, 4.69) is 0 Å². The van der Waals surface area contributed by atoms with E-state index in [1.54, 1.807) is 24.0 Å². The van der Waals surface area contributed by atoms with Crippen LogP contribution in [-0.2, 0) is 20.9 Å². The summed E-state index contributed by atoms with van der Waals surface area (Å²) in [5, 5.41) is 0. The van der Waals surface area contributed by atoms with Crippen LogP contribution < -0.4 is 11.5 Å². The van der Waals surface area contributed by atoms with E-state index in [0.717, 1.165) is 5.56 Å². The van der Waals surface area contributed by atoms with Crippen LogP contribution >= 0.6 is 0 Å². The van der Waals surface area contributed by atoms with Crippen molar-refractivity contribution in [1.29, 1.82) is 0 Å². The summed E-state index contributed by atoms with van der Waals surface area (Å²) in [6.45, 7) is 2.51. The van der Waals surface area contributed by atoms with Crippen LogP contribution in [0.15, 0.2) is 24.3 Å². The van der Waals surface area contributed by atoms with Crippen LogP contribution in [0.2, 0.25) is 0 Å². The summed E-state index contributed by atoms with van der Waals surface area (Å²) in [4.78, 5) is 24.1. The van der Waals surface area contributed by atoms with Crippen LogP contribution in [-0.4, -0.2) is 36.5 Å². The second-order valence-corrected chi connectivity index (χ2v) is 4.16. The van der Waals surface area contributed by atoms with Crippen molar-refractivity contribution in [3.05, 3.63) is 29.8 Å². The van der Waals surface area contributed by atoms with Gasteiger partial charge < -0.3 is 16.2 Å². The van der Waals surface area contributed by atoms with E-state index < -0.39 is 5.91 Å². The zero-order valence-electron chi connectivity index (χ0n) is 11.0. The first kappa shape index (κ1) is 15.0. The first-order chi connectivity index (χ1) is 9.01. The molecule has 19 heavy (non-hydrogen) atoms. The van der Waals surface area contributed by atoms with Crippen molar-refractivity contribution in [3.63, 3.8) is 0 Å². The maximum Gasteiger partial charge on any atom is 0.320 e. The number of rotatable bonds is 7. The third-order valence-corrected chi connectivity index (χ3v) is 2.42. The molecule has 6 nitrogen and oxygen atoms in total. The highest BCUT2D eigenvalue weighted by atomic mass is 16.5. The van der Waals surface area contributed by atoms with Gasteiger partial charge in [-0.05, 0) is 24.6 Å². The normalized spacial score (nSPS) is 10.4. The van der Waals surface area contributed by atoms with Gasteiger partial charge in [-0.2, -0.15) is 0 Å². The number of primary amides is 1. The molecule has 0 saturated heterocycles. The number of carbonyl (C=O) groups excluding carboxylic acids is 2. The average molecular weight is 265 g/mol. The van der Waals surface area contributed by atoms with Crippen molar-refractivity contribution < 1.29 is 14.3 Å². The predicted molar refractivity (Wildman–Crippen MR) is 72.0 cm³/mol. The summed E-state index contributed by atoms with van der Waals surface area (Å²) in [7, 11) is 0. The molecule has 0 fully saturated rings. The smallest absolute Gasteiger partial charge is 0.320 e. The van der Waals surface area contributed by atoms with Crippen LogP contribution in [0.1, 0.15) is 12.5 Å². The number of benzene rings is 1. The monoisotopic (exact) mass is 265 g/mol. The molecular formula is C13H19N3O3. The van der Waals surface area contributed by atoms with Gasteiger partial charge in [-0.1, -0.05) is 12.1 Å². The van der Waals surface area contributed by atoms with E-state index >= 15 is 0 Å². The van der Waals surface area contributed by atoms with Crippen molar-refractivity contribution in [3.8, 4) is 0 Å². The van der Waals surface area contributed by atoms with E-state index in [4.69, 9.17) is 16.2 Å². The van der Waals surface area contributed by atoms with Gasteiger partial charge in [0.05, 0.1) is 19.7 Å². The minimum atomic E-state index is -0.486. The van der Waals surface area contributed by atoms with Gasteiger partial charge in [0.2, 0.25) is 5.91 Å². The molecule has 1 aromatic rings. The molecule has 0 atom stereocenters. The number of anilines is 1. The lowest BCUT2D eigenvalue weighted by atomic mass is 10.2. The number of nitrogen functional groups attached to an aromatic ring is 1. The quantitative estimate of drug-likeness (QED) is 0.539. The highest BCUT2D eigenvalue weighted by Gasteiger charge is 2.14. The Morgan fingerprint density at radius 3 is 2.37 bits per heavy atom. The van der Waals surface area contributed by atoms with E-state index in [1.165, 1.54) is 0 Å². The Bertz CT molecular complexity index is 431. The maximum atomic E-state index is 11.4. The number of hydrogen-bond donors (Lipinski definition) is 2. The summed E-state index contributed by atoms with van der Waals surface area (Å²) in [6.07, 6.45) is 0. The average Bonchev–Trinajstić information content (AvgIpc) is 2.31. The van der Waals surface area contributed by atoms with Gasteiger partial charge in [-0.3, -0.25) is 14.5 Å². The molecular weight excluding hydrogens is 246 g/mol. The molecule has 0 aromatic heterocycles. The van der Waals surface area contributed by atoms with Crippen LogP contribution in [0.5, 0.6) is 0 Å². The van der Waals surface area contributed by atoms with Gasteiger partial charge in [0.25, 0.3) is 0 Å². The minimum absolute atomic E-state index is 0.00317. The molecule has 6 heteroatoms. The first-order valence-corrected chi connectivity index (χ1v) is 6.02. The van der Waals surface area contributed by atoms with Gasteiger partial charge in [-0.15, -0.1) is 0 Å². The molecule has 1 aromatic carbocycles. The largest absolute Gasteiger partial charge is 0.465 e. The van der Waals surface area contributed by atoms with Crippen LogP contribution in [0.3, 0.4) is 0 Å². The molecule has 0 aliphatic heterocycles. The van der Waals surface area contributed by atoms with Crippen LogP contribution in [0, 0.1) is 0 Å². The molecule has 0 saturated carbocycles. The van der Waals surface area contributed by atoms with Gasteiger partial charge in [-0.25, -0.2) is 0 Å². The van der Waals surface area contributed by atoms with E-state index in [9.17, 15) is 9.59 Å². The lowest BCUT2D eigenvalue weighted by molar-refractivity contribution is -0.144. The summed E-state index contributed by atoms with van der Waals surface area (Å²) in [5.74, 6) is -0.862. The number of esters is 1. The topological polar surface area (TPSA) is 98.6 Å². The van der Waals surface area contributed by atoms with Crippen molar-refractivity contribution in [2.75, 3.05) is 25.4 Å². The highest BCUT2D eigenvalue weighted by Crippen LogP contribution is 2.08. The van der Waals surface area contributed by atoms with Crippen LogP contribution in [0.25, 0.3) is 0 Å². The van der Waals surface area contributed by atoms with Crippen molar-refractivity contribution in [2.45, 2.75) is 13.5 Å². The Balaban J connectivity index is 2.65. The number of carbonyl (C=O) groups is 2. The number of nitrogens with two attached hydrogens (primary N) is 2.